The van der Waals surface area contributed by atoms with E-state index in [1.165, 1.54) is 17.7 Å². The fourth-order valence-electron chi connectivity index (χ4n) is 4.77. The van der Waals surface area contributed by atoms with Crippen LogP contribution in [0.5, 0.6) is 11.5 Å². The van der Waals surface area contributed by atoms with Gasteiger partial charge in [0, 0.05) is 21.3 Å². The van der Waals surface area contributed by atoms with Gasteiger partial charge in [0.15, 0.2) is 11.5 Å². The first-order chi connectivity index (χ1) is 19.5. The summed E-state index contributed by atoms with van der Waals surface area (Å²) < 4.78 is 13.6. The number of para-hydroxylation sites is 1. The molecule has 3 aromatic carbocycles. The van der Waals surface area contributed by atoms with Gasteiger partial charge in [-0.1, -0.05) is 59.1 Å². The van der Waals surface area contributed by atoms with E-state index in [2.05, 4.69) is 37.2 Å². The molecular formula is C32H30Br2N2O3S. The third-order valence-electron chi connectivity index (χ3n) is 6.79. The van der Waals surface area contributed by atoms with E-state index in [-0.39, 0.29) is 5.91 Å². The number of ether oxygens (including phenoxy) is 2. The molecule has 0 aliphatic heterocycles. The van der Waals surface area contributed by atoms with Crippen LogP contribution in [-0.4, -0.2) is 19.2 Å². The van der Waals surface area contributed by atoms with E-state index in [1.807, 2.05) is 66.7 Å². The summed E-state index contributed by atoms with van der Waals surface area (Å²) >= 11 is 8.75. The van der Waals surface area contributed by atoms with Crippen molar-refractivity contribution in [1.29, 1.82) is 0 Å². The molecule has 0 atom stereocenters. The molecule has 0 saturated heterocycles. The van der Waals surface area contributed by atoms with Gasteiger partial charge in [-0.05, 0) is 94.7 Å². The number of hydrogen-bond acceptors (Lipinski definition) is 5. The second kappa shape index (κ2) is 13.6. The zero-order valence-electron chi connectivity index (χ0n) is 22.2. The Hall–Kier alpha value is -2.94. The maximum Gasteiger partial charge on any atom is 0.259 e. The van der Waals surface area contributed by atoms with Crippen molar-refractivity contribution in [3.05, 3.63) is 103 Å². The zero-order chi connectivity index (χ0) is 27.9. The molecule has 4 aromatic rings. The molecule has 40 heavy (non-hydrogen) atoms. The van der Waals surface area contributed by atoms with Crippen LogP contribution in [0.15, 0.2) is 80.7 Å². The van der Waals surface area contributed by atoms with E-state index in [1.54, 1.807) is 24.7 Å². The average molecular weight is 682 g/mol. The number of aliphatic imine (C=N–C) groups is 1. The Morgan fingerprint density at radius 3 is 2.50 bits per heavy atom. The molecule has 1 amide bonds. The predicted octanol–water partition coefficient (Wildman–Crippen LogP) is 9.52. The van der Waals surface area contributed by atoms with Crippen LogP contribution >= 0.6 is 43.2 Å². The van der Waals surface area contributed by atoms with Crippen molar-refractivity contribution in [2.45, 2.75) is 45.1 Å². The summed E-state index contributed by atoms with van der Waals surface area (Å²) in [4.78, 5) is 19.7. The Morgan fingerprint density at radius 1 is 1.00 bits per heavy atom. The second-order valence-electron chi connectivity index (χ2n) is 9.63. The number of nitrogens with one attached hydrogen (secondary N) is 1. The van der Waals surface area contributed by atoms with Gasteiger partial charge < -0.3 is 14.8 Å². The lowest BCUT2D eigenvalue weighted by atomic mass is 9.96. The fraction of sp³-hybridized carbons (Fsp3) is 0.250. The lowest BCUT2D eigenvalue weighted by Gasteiger charge is -2.13. The maximum absolute atomic E-state index is 13.6. The molecule has 206 valence electrons. The number of hydrogen-bond donors (Lipinski definition) is 1. The highest BCUT2D eigenvalue weighted by atomic mass is 79.9. The van der Waals surface area contributed by atoms with Crippen molar-refractivity contribution in [2.75, 3.05) is 12.4 Å². The molecule has 1 heterocycles. The third kappa shape index (κ3) is 7.03. The van der Waals surface area contributed by atoms with Crippen LogP contribution in [-0.2, 0) is 19.4 Å². The van der Waals surface area contributed by atoms with Crippen molar-refractivity contribution >= 4 is 66.0 Å². The molecule has 1 aliphatic carbocycles. The Labute approximate surface area is 255 Å². The Balaban J connectivity index is 1.42. The van der Waals surface area contributed by atoms with Crippen molar-refractivity contribution < 1.29 is 14.3 Å². The number of carbonyl (C=O) groups is 1. The first-order valence-corrected chi connectivity index (χ1v) is 15.7. The smallest absolute Gasteiger partial charge is 0.259 e. The van der Waals surface area contributed by atoms with Crippen LogP contribution in [0.4, 0.5) is 10.7 Å². The monoisotopic (exact) mass is 680 g/mol. The molecule has 0 spiro atoms. The lowest BCUT2D eigenvalue weighted by molar-refractivity contribution is 0.102. The number of halogens is 2. The van der Waals surface area contributed by atoms with Crippen molar-refractivity contribution in [3.8, 4) is 11.5 Å². The van der Waals surface area contributed by atoms with Gasteiger partial charge in [0.2, 0.25) is 0 Å². The number of fused-ring (bicyclic) bond motifs is 1. The molecule has 1 aromatic heterocycles. The number of aryl methyl sites for hydroxylation is 1. The van der Waals surface area contributed by atoms with Gasteiger partial charge in [-0.3, -0.25) is 4.79 Å². The van der Waals surface area contributed by atoms with Crippen molar-refractivity contribution in [1.82, 2.24) is 0 Å². The number of benzene rings is 3. The average Bonchev–Trinajstić information content (AvgIpc) is 3.28. The lowest BCUT2D eigenvalue weighted by Crippen LogP contribution is -2.14. The minimum Gasteiger partial charge on any atom is -0.493 e. The van der Waals surface area contributed by atoms with Gasteiger partial charge in [-0.25, -0.2) is 4.99 Å². The number of carbonyl (C=O) groups excluding carboxylic acids is 1. The molecule has 0 unspecified atom stereocenters. The first-order valence-electron chi connectivity index (χ1n) is 13.3. The molecule has 0 saturated carbocycles. The number of nitrogens with zero attached hydrogens (tertiary/aromatic N) is 1. The Bertz CT molecular complexity index is 1500. The number of anilines is 1. The van der Waals surface area contributed by atoms with Crippen LogP contribution < -0.4 is 14.8 Å². The second-order valence-corrected chi connectivity index (χ2v) is 12.5. The normalized spacial score (nSPS) is 13.4. The van der Waals surface area contributed by atoms with Gasteiger partial charge in [-0.2, -0.15) is 0 Å². The third-order valence-corrected chi connectivity index (χ3v) is 9.11. The summed E-state index contributed by atoms with van der Waals surface area (Å²) in [5, 5.41) is 3.82. The van der Waals surface area contributed by atoms with Gasteiger partial charge in [-0.15, -0.1) is 11.3 Å². The van der Waals surface area contributed by atoms with Crippen LogP contribution in [0.2, 0.25) is 0 Å². The van der Waals surface area contributed by atoms with E-state index in [0.29, 0.717) is 23.7 Å². The molecule has 1 N–H and O–H groups in total. The molecule has 5 nitrogen and oxygen atoms in total. The number of thiophene rings is 1. The molecule has 0 bridgehead atoms. The van der Waals surface area contributed by atoms with Crippen LogP contribution in [0, 0.1) is 0 Å². The van der Waals surface area contributed by atoms with Crippen LogP contribution in [0.25, 0.3) is 0 Å². The number of amides is 1. The topological polar surface area (TPSA) is 59.9 Å². The number of rotatable bonds is 8. The van der Waals surface area contributed by atoms with E-state index in [0.717, 1.165) is 62.0 Å². The molecule has 5 rings (SSSR count). The van der Waals surface area contributed by atoms with E-state index < -0.39 is 0 Å². The zero-order valence-corrected chi connectivity index (χ0v) is 26.2. The van der Waals surface area contributed by atoms with E-state index >= 15 is 0 Å². The summed E-state index contributed by atoms with van der Waals surface area (Å²) in [5.41, 5.74) is 4.52. The Kier molecular flexibility index (Phi) is 9.73. The summed E-state index contributed by atoms with van der Waals surface area (Å²) in [6.07, 6.45) is 8.34. The molecule has 8 heteroatoms. The van der Waals surface area contributed by atoms with Gasteiger partial charge in [0.05, 0.1) is 17.1 Å². The van der Waals surface area contributed by atoms with E-state index in [4.69, 9.17) is 14.5 Å². The summed E-state index contributed by atoms with van der Waals surface area (Å²) in [6, 6.07) is 21.5. The highest BCUT2D eigenvalue weighted by molar-refractivity contribution is 9.10. The summed E-state index contributed by atoms with van der Waals surface area (Å²) in [5.74, 6) is 1.13. The Morgan fingerprint density at radius 2 is 1.75 bits per heavy atom. The van der Waals surface area contributed by atoms with Gasteiger partial charge in [0.25, 0.3) is 5.91 Å². The van der Waals surface area contributed by atoms with Crippen molar-refractivity contribution in [2.24, 2.45) is 4.99 Å². The van der Waals surface area contributed by atoms with Crippen LogP contribution in [0.1, 0.15) is 57.6 Å². The summed E-state index contributed by atoms with van der Waals surface area (Å²) in [6.45, 7) is 0.413. The largest absolute Gasteiger partial charge is 0.493 e. The quantitative estimate of drug-likeness (QED) is 0.189. The maximum atomic E-state index is 13.6. The van der Waals surface area contributed by atoms with Crippen LogP contribution in [0.3, 0.4) is 0 Å². The fourth-order valence-corrected chi connectivity index (χ4v) is 6.84. The number of methoxy groups -OCH3 is 1. The highest BCUT2D eigenvalue weighted by Crippen LogP contribution is 2.40. The SMILES string of the molecule is COc1cc(C=Nc2sc3c(c2C(=O)Nc2ccccc2)CCCCCC3)cc(Br)c1OCc1ccc(Br)cc1. The van der Waals surface area contributed by atoms with Crippen molar-refractivity contribution in [3.63, 3.8) is 0 Å². The minimum atomic E-state index is -0.105. The highest BCUT2D eigenvalue weighted by Gasteiger charge is 2.24. The van der Waals surface area contributed by atoms with Gasteiger partial charge >= 0.3 is 0 Å². The molecular weight excluding hydrogens is 652 g/mol. The molecule has 0 fully saturated rings. The van der Waals surface area contributed by atoms with E-state index in [9.17, 15) is 4.79 Å². The first kappa shape index (κ1) is 28.6. The predicted molar refractivity (Wildman–Crippen MR) is 171 cm³/mol. The minimum absolute atomic E-state index is 0.105. The standard InChI is InChI=1S/C32H30Br2N2O3S/c1-38-27-18-22(17-26(34)30(27)39-20-21-13-15-23(33)16-14-21)19-35-32-29(31(37)36-24-9-5-4-6-10-24)25-11-7-2-3-8-12-28(25)40-32/h4-6,9-10,13-19H,2-3,7-8,11-12,20H2,1H3,(H,36,37). The van der Waals surface area contributed by atoms with Gasteiger partial charge in [0.1, 0.15) is 11.6 Å². The molecule has 1 aliphatic rings. The summed E-state index contributed by atoms with van der Waals surface area (Å²) in [7, 11) is 1.63. The molecule has 0 radical (unpaired) electrons.